The minimum absolute atomic E-state index is 0.722. The molecule has 0 radical (unpaired) electrons. The zero-order chi connectivity index (χ0) is 12.0. The normalized spacial score (nSPS) is 11.8. The van der Waals surface area contributed by atoms with Gasteiger partial charge >= 0.3 is 8.80 Å². The van der Waals surface area contributed by atoms with Crippen LogP contribution in [0.4, 0.5) is 0 Å². The van der Waals surface area contributed by atoms with Crippen molar-refractivity contribution in [1.29, 1.82) is 0 Å². The summed E-state index contributed by atoms with van der Waals surface area (Å²) in [5.74, 6) is 0. The largest absolute Gasteiger partial charge is 0.510 e. The Labute approximate surface area is 102 Å². The second-order valence-electron chi connectivity index (χ2n) is 3.40. The monoisotopic (exact) mass is 258 g/mol. The Morgan fingerprint density at radius 2 is 1.50 bits per heavy atom. The van der Waals surface area contributed by atoms with Gasteiger partial charge in [-0.05, 0) is 19.1 Å². The number of benzene rings is 1. The summed E-state index contributed by atoms with van der Waals surface area (Å²) >= 11 is 1.70. The third-order valence-corrected chi connectivity index (χ3v) is 6.83. The number of hydrogen-bond acceptors (Lipinski definition) is 4. The van der Waals surface area contributed by atoms with E-state index in [1.54, 1.807) is 33.1 Å². The Hall–Kier alpha value is -0.333. The molecule has 0 heterocycles. The molecule has 0 amide bonds. The van der Waals surface area contributed by atoms with Crippen LogP contribution >= 0.6 is 11.8 Å². The van der Waals surface area contributed by atoms with Crippen LogP contribution in [0.2, 0.25) is 0 Å². The van der Waals surface area contributed by atoms with Gasteiger partial charge < -0.3 is 13.3 Å². The lowest BCUT2D eigenvalue weighted by atomic mass is 10.2. The first-order valence-corrected chi connectivity index (χ1v) is 7.92. The molecule has 16 heavy (non-hydrogen) atoms. The smallest absolute Gasteiger partial charge is 0.376 e. The molecule has 1 rings (SSSR count). The van der Waals surface area contributed by atoms with E-state index < -0.39 is 8.80 Å². The second-order valence-corrected chi connectivity index (χ2v) is 7.90. The van der Waals surface area contributed by atoms with Gasteiger partial charge in [0.2, 0.25) is 0 Å². The average molecular weight is 258 g/mol. The lowest BCUT2D eigenvalue weighted by Gasteiger charge is -2.23. The summed E-state index contributed by atoms with van der Waals surface area (Å²) in [5.41, 5.74) is 1.26. The van der Waals surface area contributed by atoms with E-state index in [0.717, 1.165) is 5.38 Å². The molecule has 0 unspecified atom stereocenters. The van der Waals surface area contributed by atoms with Gasteiger partial charge in [-0.25, -0.2) is 0 Å². The maximum absolute atomic E-state index is 5.36. The van der Waals surface area contributed by atoms with Gasteiger partial charge in [0.25, 0.3) is 0 Å². The van der Waals surface area contributed by atoms with E-state index in [2.05, 4.69) is 31.2 Å². The quantitative estimate of drug-likeness (QED) is 0.579. The molecule has 0 aliphatic rings. The molecule has 0 fully saturated rings. The van der Waals surface area contributed by atoms with Crippen molar-refractivity contribution in [2.45, 2.75) is 11.8 Å². The number of aryl methyl sites for hydroxylation is 1. The predicted molar refractivity (Wildman–Crippen MR) is 68.7 cm³/mol. The van der Waals surface area contributed by atoms with Crippen molar-refractivity contribution in [2.24, 2.45) is 0 Å². The van der Waals surface area contributed by atoms with Gasteiger partial charge in [-0.1, -0.05) is 17.7 Å². The molecule has 0 atom stereocenters. The Morgan fingerprint density at radius 1 is 1.00 bits per heavy atom. The zero-order valence-corrected chi connectivity index (χ0v) is 12.0. The van der Waals surface area contributed by atoms with E-state index in [-0.39, 0.29) is 0 Å². The Balaban J connectivity index is 2.58. The molecule has 5 heteroatoms. The van der Waals surface area contributed by atoms with Crippen molar-refractivity contribution in [3.8, 4) is 0 Å². The van der Waals surface area contributed by atoms with Gasteiger partial charge in [0.05, 0.1) is 5.38 Å². The summed E-state index contributed by atoms with van der Waals surface area (Å²) in [5, 5.41) is 0.722. The van der Waals surface area contributed by atoms with Crippen LogP contribution in [0.5, 0.6) is 0 Å². The van der Waals surface area contributed by atoms with Gasteiger partial charge in [-0.15, -0.1) is 11.8 Å². The van der Waals surface area contributed by atoms with Crippen molar-refractivity contribution in [1.82, 2.24) is 0 Å². The third-order valence-electron chi connectivity index (χ3n) is 2.37. The van der Waals surface area contributed by atoms with Crippen molar-refractivity contribution in [2.75, 3.05) is 26.7 Å². The average Bonchev–Trinajstić information content (AvgIpc) is 2.34. The van der Waals surface area contributed by atoms with E-state index in [1.165, 1.54) is 10.5 Å². The lowest BCUT2D eigenvalue weighted by Crippen LogP contribution is -2.46. The zero-order valence-electron chi connectivity index (χ0n) is 10.1. The number of rotatable bonds is 6. The summed E-state index contributed by atoms with van der Waals surface area (Å²) in [7, 11) is 2.45. The van der Waals surface area contributed by atoms with Gasteiger partial charge in [-0.3, -0.25) is 0 Å². The van der Waals surface area contributed by atoms with Crippen LogP contribution in [-0.2, 0) is 13.3 Å². The van der Waals surface area contributed by atoms with Crippen molar-refractivity contribution in [3.05, 3.63) is 29.8 Å². The SMILES string of the molecule is CO[Si](CSc1ccc(C)cc1)(OC)OC. The fourth-order valence-electron chi connectivity index (χ4n) is 1.23. The number of hydrogen-bond donors (Lipinski definition) is 0. The molecule has 3 nitrogen and oxygen atoms in total. The second kappa shape index (κ2) is 6.41. The topological polar surface area (TPSA) is 27.7 Å². The van der Waals surface area contributed by atoms with E-state index in [1.807, 2.05) is 0 Å². The highest BCUT2D eigenvalue weighted by molar-refractivity contribution is 8.00. The van der Waals surface area contributed by atoms with Crippen LogP contribution in [0, 0.1) is 6.92 Å². The highest BCUT2D eigenvalue weighted by Crippen LogP contribution is 2.23. The van der Waals surface area contributed by atoms with Crippen LogP contribution in [0.3, 0.4) is 0 Å². The molecule has 1 aromatic carbocycles. The molecule has 0 saturated heterocycles. The van der Waals surface area contributed by atoms with Gasteiger partial charge in [-0.2, -0.15) is 0 Å². The predicted octanol–water partition coefficient (Wildman–Crippen LogP) is 2.50. The Morgan fingerprint density at radius 3 is 1.94 bits per heavy atom. The maximum Gasteiger partial charge on any atom is 0.510 e. The Bertz CT molecular complexity index is 303. The summed E-state index contributed by atoms with van der Waals surface area (Å²) in [6.45, 7) is 2.08. The van der Waals surface area contributed by atoms with Gasteiger partial charge in [0, 0.05) is 26.2 Å². The molecule has 1 aromatic rings. The first kappa shape index (κ1) is 13.7. The molecule has 0 bridgehead atoms. The van der Waals surface area contributed by atoms with E-state index >= 15 is 0 Å². The molecule has 0 spiro atoms. The van der Waals surface area contributed by atoms with E-state index in [9.17, 15) is 0 Å². The molecular weight excluding hydrogens is 240 g/mol. The van der Waals surface area contributed by atoms with E-state index in [4.69, 9.17) is 13.3 Å². The molecule has 0 aromatic heterocycles. The van der Waals surface area contributed by atoms with Crippen molar-refractivity contribution >= 4 is 20.6 Å². The highest BCUT2D eigenvalue weighted by Gasteiger charge is 2.37. The highest BCUT2D eigenvalue weighted by atomic mass is 32.2. The Kier molecular flexibility index (Phi) is 5.50. The first-order valence-electron chi connectivity index (χ1n) is 5.00. The van der Waals surface area contributed by atoms with E-state index in [0.29, 0.717) is 0 Å². The van der Waals surface area contributed by atoms with Crippen LogP contribution in [-0.4, -0.2) is 35.5 Å². The van der Waals surface area contributed by atoms with Crippen LogP contribution in [0.25, 0.3) is 0 Å². The fraction of sp³-hybridized carbons (Fsp3) is 0.455. The van der Waals surface area contributed by atoms with Crippen LogP contribution in [0.15, 0.2) is 29.2 Å². The van der Waals surface area contributed by atoms with Crippen molar-refractivity contribution in [3.63, 3.8) is 0 Å². The molecule has 0 aliphatic carbocycles. The minimum atomic E-state index is -2.45. The minimum Gasteiger partial charge on any atom is -0.376 e. The fourth-order valence-corrected chi connectivity index (χ4v) is 4.85. The van der Waals surface area contributed by atoms with Gasteiger partial charge in [0.1, 0.15) is 0 Å². The molecule has 0 saturated carbocycles. The summed E-state index contributed by atoms with van der Waals surface area (Å²) in [6, 6.07) is 8.39. The van der Waals surface area contributed by atoms with Gasteiger partial charge in [0.15, 0.2) is 0 Å². The molecule has 90 valence electrons. The first-order chi connectivity index (χ1) is 7.65. The van der Waals surface area contributed by atoms with Crippen LogP contribution in [0.1, 0.15) is 5.56 Å². The molecular formula is C11H18O3SSi. The lowest BCUT2D eigenvalue weighted by molar-refractivity contribution is 0.130. The number of thioether (sulfide) groups is 1. The third kappa shape index (κ3) is 3.60. The summed E-state index contributed by atoms with van der Waals surface area (Å²) in [6.07, 6.45) is 0. The summed E-state index contributed by atoms with van der Waals surface area (Å²) < 4.78 is 16.1. The summed E-state index contributed by atoms with van der Waals surface area (Å²) in [4.78, 5) is 1.20. The maximum atomic E-state index is 5.36. The molecule has 0 N–H and O–H groups in total. The molecule has 0 aliphatic heterocycles. The van der Waals surface area contributed by atoms with Crippen molar-refractivity contribution < 1.29 is 13.3 Å². The van der Waals surface area contributed by atoms with Crippen LogP contribution < -0.4 is 0 Å². The standard InChI is InChI=1S/C11H18O3SSi/c1-10-5-7-11(8-6-10)15-9-16(12-2,13-3)14-4/h5-8H,9H2,1-4H3.